The maximum Gasteiger partial charge on any atom is 0.336 e. The minimum atomic E-state index is -1.10. The highest BCUT2D eigenvalue weighted by molar-refractivity contribution is 8.00. The van der Waals surface area contributed by atoms with E-state index in [0.29, 0.717) is 28.2 Å². The predicted molar refractivity (Wildman–Crippen MR) is 160 cm³/mol. The Kier molecular flexibility index (Phi) is 7.99. The normalized spacial score (nSPS) is 11.8. The summed E-state index contributed by atoms with van der Waals surface area (Å²) >= 11 is 2.73. The van der Waals surface area contributed by atoms with Gasteiger partial charge in [-0.15, -0.1) is 11.8 Å². The molecule has 40 heavy (non-hydrogen) atoms. The molecule has 8 nitrogen and oxygen atoms in total. The van der Waals surface area contributed by atoms with Gasteiger partial charge in [-0.05, 0) is 67.8 Å². The second-order valence-corrected chi connectivity index (χ2v) is 11.3. The van der Waals surface area contributed by atoms with Crippen molar-refractivity contribution in [2.75, 3.05) is 17.2 Å². The summed E-state index contributed by atoms with van der Waals surface area (Å²) in [5.74, 6) is -0.955. The van der Waals surface area contributed by atoms with E-state index in [0.717, 1.165) is 20.9 Å². The molecule has 1 aromatic heterocycles. The lowest BCUT2D eigenvalue weighted by Crippen LogP contribution is -2.22. The van der Waals surface area contributed by atoms with Gasteiger partial charge in [0.2, 0.25) is 5.91 Å². The Labute approximate surface area is 238 Å². The van der Waals surface area contributed by atoms with Crippen molar-refractivity contribution in [3.63, 3.8) is 0 Å². The van der Waals surface area contributed by atoms with Crippen LogP contribution in [0.15, 0.2) is 83.8 Å². The quantitative estimate of drug-likeness (QED) is 0.164. The smallest absolute Gasteiger partial charge is 0.336 e. The van der Waals surface area contributed by atoms with Crippen LogP contribution < -0.4 is 15.4 Å². The Morgan fingerprint density at radius 2 is 1.73 bits per heavy atom. The molecule has 0 spiro atoms. The minimum absolute atomic E-state index is 0.0650. The number of amides is 2. The molecule has 3 N–H and O–H groups in total. The van der Waals surface area contributed by atoms with Crippen LogP contribution in [0.5, 0.6) is 5.75 Å². The zero-order valence-corrected chi connectivity index (χ0v) is 23.3. The van der Waals surface area contributed by atoms with Crippen LogP contribution in [0, 0.1) is 0 Å². The van der Waals surface area contributed by atoms with Gasteiger partial charge in [-0.25, -0.2) is 9.78 Å². The van der Waals surface area contributed by atoms with Crippen LogP contribution in [0.1, 0.15) is 34.6 Å². The highest BCUT2D eigenvalue weighted by Gasteiger charge is 2.19. The number of carbonyl (C=O) groups excluding carboxylic acids is 2. The average molecular weight is 572 g/mol. The number of hydrogen-bond acceptors (Lipinski definition) is 7. The van der Waals surface area contributed by atoms with Gasteiger partial charge in [-0.1, -0.05) is 41.7 Å². The van der Waals surface area contributed by atoms with E-state index in [4.69, 9.17) is 4.74 Å². The summed E-state index contributed by atoms with van der Waals surface area (Å²) in [4.78, 5) is 43.2. The SMILES string of the molecule is CCOc1ccc2nc(NC(=O)C(C)Sc3cccc(NC(=O)c4cccc5cccc(C(=O)O)c45)c3)sc2c1. The van der Waals surface area contributed by atoms with Gasteiger partial charge in [-0.2, -0.15) is 0 Å². The number of nitrogens with one attached hydrogen (secondary N) is 2. The van der Waals surface area contributed by atoms with E-state index in [1.807, 2.05) is 31.2 Å². The molecule has 10 heteroatoms. The molecule has 1 atom stereocenters. The van der Waals surface area contributed by atoms with E-state index >= 15 is 0 Å². The number of aromatic nitrogens is 1. The standard InChI is InChI=1S/C30H25N3O5S2/c1-3-38-20-13-14-24-25(16-20)40-30(32-24)33-27(34)17(2)39-21-10-6-9-19(15-21)31-28(35)22-11-4-7-18-8-5-12-23(26(18)22)29(36)37/h4-17H,3H2,1-2H3,(H,31,35)(H,36,37)(H,32,33,34). The number of benzene rings is 4. The van der Waals surface area contributed by atoms with Gasteiger partial charge >= 0.3 is 5.97 Å². The second-order valence-electron chi connectivity index (χ2n) is 8.83. The molecule has 5 aromatic rings. The summed E-state index contributed by atoms with van der Waals surface area (Å²) in [7, 11) is 0. The lowest BCUT2D eigenvalue weighted by Gasteiger charge is -2.13. The number of hydrogen-bond donors (Lipinski definition) is 3. The van der Waals surface area contributed by atoms with Crippen molar-refractivity contribution in [3.05, 3.63) is 90.0 Å². The van der Waals surface area contributed by atoms with E-state index in [1.54, 1.807) is 55.5 Å². The summed E-state index contributed by atoms with van der Waals surface area (Å²) in [6.45, 7) is 4.30. The zero-order chi connectivity index (χ0) is 28.2. The maximum absolute atomic E-state index is 13.2. The van der Waals surface area contributed by atoms with E-state index in [2.05, 4.69) is 15.6 Å². The first-order valence-electron chi connectivity index (χ1n) is 12.5. The molecule has 0 aliphatic carbocycles. The van der Waals surface area contributed by atoms with Crippen molar-refractivity contribution in [3.8, 4) is 5.75 Å². The van der Waals surface area contributed by atoms with Crippen molar-refractivity contribution in [2.24, 2.45) is 0 Å². The molecule has 2 amide bonds. The number of fused-ring (bicyclic) bond motifs is 2. The number of carboxylic acids is 1. The summed E-state index contributed by atoms with van der Waals surface area (Å²) < 4.78 is 6.46. The maximum atomic E-state index is 13.2. The van der Waals surface area contributed by atoms with Crippen molar-refractivity contribution < 1.29 is 24.2 Å². The molecule has 202 valence electrons. The Bertz CT molecular complexity index is 1750. The molecule has 0 aliphatic rings. The molecule has 0 saturated carbocycles. The monoisotopic (exact) mass is 571 g/mol. The van der Waals surface area contributed by atoms with Crippen molar-refractivity contribution in [1.82, 2.24) is 4.98 Å². The number of aromatic carboxylic acids is 1. The van der Waals surface area contributed by atoms with Gasteiger partial charge in [0, 0.05) is 21.5 Å². The Balaban J connectivity index is 1.27. The van der Waals surface area contributed by atoms with Crippen molar-refractivity contribution in [1.29, 1.82) is 0 Å². The highest BCUT2D eigenvalue weighted by Crippen LogP contribution is 2.31. The van der Waals surface area contributed by atoms with E-state index in [9.17, 15) is 19.5 Å². The fraction of sp³-hybridized carbons (Fsp3) is 0.133. The first-order chi connectivity index (χ1) is 19.3. The largest absolute Gasteiger partial charge is 0.494 e. The minimum Gasteiger partial charge on any atom is -0.494 e. The number of carboxylic acid groups (broad SMARTS) is 1. The van der Waals surface area contributed by atoms with E-state index in [-0.39, 0.29) is 17.0 Å². The Hall–Kier alpha value is -4.41. The molecule has 4 aromatic carbocycles. The third kappa shape index (κ3) is 5.93. The number of anilines is 2. The second kappa shape index (κ2) is 11.8. The van der Waals surface area contributed by atoms with Crippen LogP contribution in [0.25, 0.3) is 21.0 Å². The van der Waals surface area contributed by atoms with Crippen LogP contribution in [0.3, 0.4) is 0 Å². The summed E-state index contributed by atoms with van der Waals surface area (Å²) in [6.07, 6.45) is 0. The first kappa shape index (κ1) is 27.2. The average Bonchev–Trinajstić information content (AvgIpc) is 3.34. The fourth-order valence-electron chi connectivity index (χ4n) is 4.23. The van der Waals surface area contributed by atoms with Crippen LogP contribution in [0.2, 0.25) is 0 Å². The summed E-state index contributed by atoms with van der Waals surface area (Å²) in [5, 5.41) is 16.5. The molecule has 1 heterocycles. The molecule has 0 bridgehead atoms. The molecule has 1 unspecified atom stereocenters. The number of carbonyl (C=O) groups is 3. The topological polar surface area (TPSA) is 118 Å². The molecule has 0 saturated heterocycles. The van der Waals surface area contributed by atoms with Crippen LogP contribution >= 0.6 is 23.1 Å². The summed E-state index contributed by atoms with van der Waals surface area (Å²) in [6, 6.07) is 22.8. The third-order valence-corrected chi connectivity index (χ3v) is 8.08. The first-order valence-corrected chi connectivity index (χ1v) is 14.2. The number of thioether (sulfide) groups is 1. The van der Waals surface area contributed by atoms with Crippen LogP contribution in [0.4, 0.5) is 10.8 Å². The van der Waals surface area contributed by atoms with Gasteiger partial charge < -0.3 is 20.5 Å². The number of nitrogens with zero attached hydrogens (tertiary/aromatic N) is 1. The fourth-order valence-corrected chi connectivity index (χ4v) is 6.06. The Morgan fingerprint density at radius 3 is 2.48 bits per heavy atom. The molecule has 0 fully saturated rings. The number of thiazole rings is 1. The van der Waals surface area contributed by atoms with Crippen molar-refractivity contribution >= 4 is 72.7 Å². The zero-order valence-electron chi connectivity index (χ0n) is 21.6. The van der Waals surface area contributed by atoms with Gasteiger partial charge in [0.1, 0.15) is 5.75 Å². The number of rotatable bonds is 9. The highest BCUT2D eigenvalue weighted by atomic mass is 32.2. The van der Waals surface area contributed by atoms with Gasteiger partial charge in [0.25, 0.3) is 5.91 Å². The van der Waals surface area contributed by atoms with Crippen LogP contribution in [-0.4, -0.2) is 39.7 Å². The Morgan fingerprint density at radius 1 is 0.975 bits per heavy atom. The van der Waals surface area contributed by atoms with Gasteiger partial charge in [0.05, 0.1) is 27.6 Å². The van der Waals surface area contributed by atoms with Gasteiger partial charge in [0.15, 0.2) is 5.13 Å². The number of ether oxygens (including phenoxy) is 1. The molecular formula is C30H25N3O5S2. The predicted octanol–water partition coefficient (Wildman–Crippen LogP) is 6.92. The molecule has 0 radical (unpaired) electrons. The van der Waals surface area contributed by atoms with Crippen LogP contribution in [-0.2, 0) is 4.79 Å². The molecule has 0 aliphatic heterocycles. The van der Waals surface area contributed by atoms with E-state index < -0.39 is 17.1 Å². The summed E-state index contributed by atoms with van der Waals surface area (Å²) in [5.41, 5.74) is 1.65. The van der Waals surface area contributed by atoms with Crippen molar-refractivity contribution in [2.45, 2.75) is 24.0 Å². The third-order valence-electron chi connectivity index (χ3n) is 6.05. The molecule has 5 rings (SSSR count). The van der Waals surface area contributed by atoms with Gasteiger partial charge in [-0.3, -0.25) is 9.59 Å². The molecular weight excluding hydrogens is 546 g/mol. The van der Waals surface area contributed by atoms with E-state index in [1.165, 1.54) is 29.2 Å². The lowest BCUT2D eigenvalue weighted by molar-refractivity contribution is -0.115. The lowest BCUT2D eigenvalue weighted by atomic mass is 9.98.